The second-order valence-electron chi connectivity index (χ2n) is 5.26. The van der Waals surface area contributed by atoms with Crippen molar-refractivity contribution in [3.63, 3.8) is 0 Å². The van der Waals surface area contributed by atoms with Crippen molar-refractivity contribution in [1.82, 2.24) is 5.32 Å². The highest BCUT2D eigenvalue weighted by atomic mass is 35.5. The van der Waals surface area contributed by atoms with Crippen molar-refractivity contribution in [3.8, 4) is 6.07 Å². The molecular weight excluding hydrogens is 332 g/mol. The molecule has 0 aliphatic heterocycles. The number of carbonyl (C=O) groups excluding carboxylic acids is 2. The van der Waals surface area contributed by atoms with Crippen molar-refractivity contribution in [1.29, 1.82) is 5.26 Å². The predicted molar refractivity (Wildman–Crippen MR) is 88.9 cm³/mol. The van der Waals surface area contributed by atoms with E-state index in [1.54, 1.807) is 38.3 Å². The SMILES string of the molecule is COCCCNC(=O)[C@@H](C#N)C(=O)c1oc2ccc(Cl)cc2c1C. The molecule has 6 nitrogen and oxygen atoms in total. The molecule has 0 fully saturated rings. The number of ketones is 1. The Labute approximate surface area is 144 Å². The Hall–Kier alpha value is -2.36. The van der Waals surface area contributed by atoms with Crippen molar-refractivity contribution in [2.75, 3.05) is 20.3 Å². The number of hydrogen-bond acceptors (Lipinski definition) is 5. The average Bonchev–Trinajstić information content (AvgIpc) is 2.89. The van der Waals surface area contributed by atoms with Gasteiger partial charge in [0.15, 0.2) is 11.7 Å². The Balaban J connectivity index is 2.21. The number of nitriles is 1. The van der Waals surface area contributed by atoms with Gasteiger partial charge in [-0.15, -0.1) is 0 Å². The van der Waals surface area contributed by atoms with Gasteiger partial charge in [0.25, 0.3) is 0 Å². The van der Waals surface area contributed by atoms with Crippen LogP contribution in [0.2, 0.25) is 5.02 Å². The Bertz CT molecular complexity index is 807. The number of ether oxygens (including phenoxy) is 1. The molecule has 1 aromatic carbocycles. The fraction of sp³-hybridized carbons (Fsp3) is 0.353. The van der Waals surface area contributed by atoms with Crippen LogP contribution in [0.25, 0.3) is 11.0 Å². The summed E-state index contributed by atoms with van der Waals surface area (Å²) in [4.78, 5) is 24.6. The summed E-state index contributed by atoms with van der Waals surface area (Å²) >= 11 is 5.95. The van der Waals surface area contributed by atoms with Gasteiger partial charge in [0.05, 0.1) is 6.07 Å². The van der Waals surface area contributed by atoms with Gasteiger partial charge < -0.3 is 14.5 Å². The zero-order valence-corrected chi connectivity index (χ0v) is 14.1. The van der Waals surface area contributed by atoms with Gasteiger partial charge in [-0.2, -0.15) is 5.26 Å². The van der Waals surface area contributed by atoms with E-state index < -0.39 is 17.6 Å². The van der Waals surface area contributed by atoms with Crippen LogP contribution in [0, 0.1) is 24.2 Å². The van der Waals surface area contributed by atoms with E-state index in [9.17, 15) is 14.9 Å². The number of rotatable bonds is 7. The van der Waals surface area contributed by atoms with E-state index in [1.807, 2.05) is 0 Å². The van der Waals surface area contributed by atoms with Gasteiger partial charge in [0, 0.05) is 36.2 Å². The van der Waals surface area contributed by atoms with Crippen LogP contribution in [-0.2, 0) is 9.53 Å². The van der Waals surface area contributed by atoms with E-state index in [0.29, 0.717) is 41.1 Å². The van der Waals surface area contributed by atoms with Crippen molar-refractivity contribution >= 4 is 34.3 Å². The minimum atomic E-state index is -1.46. The van der Waals surface area contributed by atoms with Crippen LogP contribution < -0.4 is 5.32 Å². The molecule has 2 rings (SSSR count). The van der Waals surface area contributed by atoms with Gasteiger partial charge in [-0.05, 0) is 31.5 Å². The van der Waals surface area contributed by atoms with Gasteiger partial charge >= 0.3 is 0 Å². The van der Waals surface area contributed by atoms with Gasteiger partial charge in [-0.3, -0.25) is 9.59 Å². The second-order valence-corrected chi connectivity index (χ2v) is 5.70. The van der Waals surface area contributed by atoms with E-state index in [4.69, 9.17) is 20.8 Å². The smallest absolute Gasteiger partial charge is 0.245 e. The van der Waals surface area contributed by atoms with E-state index in [2.05, 4.69) is 5.32 Å². The van der Waals surface area contributed by atoms with E-state index in [0.717, 1.165) is 0 Å². The molecule has 0 aliphatic carbocycles. The topological polar surface area (TPSA) is 92.3 Å². The summed E-state index contributed by atoms with van der Waals surface area (Å²) in [5.74, 6) is -2.75. The normalized spacial score (nSPS) is 11.9. The molecule has 126 valence electrons. The molecule has 0 unspecified atom stereocenters. The summed E-state index contributed by atoms with van der Waals surface area (Å²) in [6.45, 7) is 2.50. The Morgan fingerprint density at radius 3 is 2.88 bits per heavy atom. The Kier molecular flexibility index (Phi) is 5.96. The highest BCUT2D eigenvalue weighted by Crippen LogP contribution is 2.29. The molecule has 0 bridgehead atoms. The van der Waals surface area contributed by atoms with Crippen LogP contribution in [-0.4, -0.2) is 32.0 Å². The summed E-state index contributed by atoms with van der Waals surface area (Å²) < 4.78 is 10.4. The lowest BCUT2D eigenvalue weighted by molar-refractivity contribution is -0.122. The molecule has 0 radical (unpaired) electrons. The lowest BCUT2D eigenvalue weighted by Crippen LogP contribution is -2.35. The zero-order valence-electron chi connectivity index (χ0n) is 13.4. The molecule has 1 aromatic heterocycles. The molecule has 1 N–H and O–H groups in total. The summed E-state index contributed by atoms with van der Waals surface area (Å²) in [6, 6.07) is 6.71. The molecule has 1 heterocycles. The summed E-state index contributed by atoms with van der Waals surface area (Å²) in [6.07, 6.45) is 0.594. The predicted octanol–water partition coefficient (Wildman–Crippen LogP) is 2.87. The monoisotopic (exact) mass is 348 g/mol. The quantitative estimate of drug-likeness (QED) is 0.472. The van der Waals surface area contributed by atoms with Crippen LogP contribution in [0.5, 0.6) is 0 Å². The summed E-state index contributed by atoms with van der Waals surface area (Å²) in [5.41, 5.74) is 1.04. The molecular formula is C17H17ClN2O4. The Morgan fingerprint density at radius 2 is 2.21 bits per heavy atom. The van der Waals surface area contributed by atoms with Crippen LogP contribution in [0.1, 0.15) is 22.5 Å². The van der Waals surface area contributed by atoms with Crippen molar-refractivity contribution in [3.05, 3.63) is 34.5 Å². The minimum Gasteiger partial charge on any atom is -0.453 e. The fourth-order valence-electron chi connectivity index (χ4n) is 2.33. The highest BCUT2D eigenvalue weighted by Gasteiger charge is 2.31. The highest BCUT2D eigenvalue weighted by molar-refractivity contribution is 6.31. The number of methoxy groups -OCH3 is 1. The Morgan fingerprint density at radius 1 is 1.46 bits per heavy atom. The van der Waals surface area contributed by atoms with Crippen molar-refractivity contribution in [2.24, 2.45) is 5.92 Å². The molecule has 24 heavy (non-hydrogen) atoms. The van der Waals surface area contributed by atoms with Crippen molar-refractivity contribution < 1.29 is 18.7 Å². The number of Topliss-reactive ketones (excluding diaryl/α,β-unsaturated/α-hetero) is 1. The van der Waals surface area contributed by atoms with Gasteiger partial charge in [0.2, 0.25) is 11.7 Å². The first kappa shape index (κ1) is 18.0. The van der Waals surface area contributed by atoms with Crippen LogP contribution in [0.15, 0.2) is 22.6 Å². The van der Waals surface area contributed by atoms with Gasteiger partial charge in [-0.25, -0.2) is 0 Å². The average molecular weight is 349 g/mol. The molecule has 0 saturated heterocycles. The molecule has 0 aliphatic rings. The minimum absolute atomic E-state index is 0.00542. The second kappa shape index (κ2) is 7.95. The summed E-state index contributed by atoms with van der Waals surface area (Å²) in [7, 11) is 1.56. The molecule has 1 atom stereocenters. The van der Waals surface area contributed by atoms with Crippen molar-refractivity contribution in [2.45, 2.75) is 13.3 Å². The number of nitrogens with zero attached hydrogens (tertiary/aromatic N) is 1. The van der Waals surface area contributed by atoms with Gasteiger partial charge in [0.1, 0.15) is 5.58 Å². The van der Waals surface area contributed by atoms with E-state index >= 15 is 0 Å². The molecule has 0 spiro atoms. The van der Waals surface area contributed by atoms with E-state index in [1.165, 1.54) is 0 Å². The van der Waals surface area contributed by atoms with Crippen LogP contribution in [0.4, 0.5) is 0 Å². The maximum Gasteiger partial charge on any atom is 0.245 e. The van der Waals surface area contributed by atoms with Crippen LogP contribution >= 0.6 is 11.6 Å². The number of nitrogens with one attached hydrogen (secondary N) is 1. The third-order valence-corrected chi connectivity index (χ3v) is 3.84. The maximum atomic E-state index is 12.5. The fourth-order valence-corrected chi connectivity index (χ4v) is 2.50. The number of carbonyl (C=O) groups is 2. The first-order valence-corrected chi connectivity index (χ1v) is 7.76. The number of benzene rings is 1. The summed E-state index contributed by atoms with van der Waals surface area (Å²) in [5, 5.41) is 13.0. The third kappa shape index (κ3) is 3.75. The number of hydrogen-bond donors (Lipinski definition) is 1. The number of furan rings is 1. The molecule has 1 amide bonds. The number of halogens is 1. The number of fused-ring (bicyclic) bond motifs is 1. The number of amides is 1. The first-order chi connectivity index (χ1) is 11.5. The van der Waals surface area contributed by atoms with Crippen LogP contribution in [0.3, 0.4) is 0 Å². The van der Waals surface area contributed by atoms with E-state index in [-0.39, 0.29) is 5.76 Å². The number of aryl methyl sites for hydroxylation is 1. The lowest BCUT2D eigenvalue weighted by Gasteiger charge is -2.08. The molecule has 7 heteroatoms. The standard InChI is InChI=1S/C17H17ClN2O4/c1-10-12-8-11(18)4-5-14(12)24-16(10)15(21)13(9-19)17(22)20-6-3-7-23-2/h4-5,8,13H,3,6-7H2,1-2H3,(H,20,22)/t13-/m0/s1. The molecule has 2 aromatic rings. The largest absolute Gasteiger partial charge is 0.453 e. The maximum absolute atomic E-state index is 12.5. The lowest BCUT2D eigenvalue weighted by atomic mass is 10.00. The third-order valence-electron chi connectivity index (χ3n) is 3.60. The zero-order chi connectivity index (χ0) is 17.7. The first-order valence-electron chi connectivity index (χ1n) is 7.38. The van der Waals surface area contributed by atoms with Gasteiger partial charge in [-0.1, -0.05) is 11.6 Å². The molecule has 0 saturated carbocycles.